The zero-order valence-corrected chi connectivity index (χ0v) is 15.0. The average molecular weight is 354 g/mol. The molecule has 1 saturated heterocycles. The van der Waals surface area contributed by atoms with Crippen molar-refractivity contribution < 1.29 is 13.2 Å². The molecule has 0 bridgehead atoms. The second-order valence-corrected chi connectivity index (χ2v) is 7.93. The van der Waals surface area contributed by atoms with Gasteiger partial charge in [-0.25, -0.2) is 13.4 Å². The molecule has 7 nitrogen and oxygen atoms in total. The van der Waals surface area contributed by atoms with E-state index in [9.17, 15) is 13.2 Å². The quantitative estimate of drug-likeness (QED) is 0.700. The van der Waals surface area contributed by atoms with Crippen molar-refractivity contribution in [2.24, 2.45) is 0 Å². The van der Waals surface area contributed by atoms with Crippen LogP contribution in [0.25, 0.3) is 0 Å². The van der Waals surface area contributed by atoms with E-state index in [1.807, 2.05) is 25.1 Å². The molecule has 2 rings (SSSR count). The van der Waals surface area contributed by atoms with Crippen LogP contribution < -0.4 is 10.2 Å². The molecule has 2 heterocycles. The molecule has 134 valence electrons. The molecule has 0 saturated carbocycles. The largest absolute Gasteiger partial charge is 0.356 e. The van der Waals surface area contributed by atoms with Crippen LogP contribution >= 0.6 is 0 Å². The molecule has 8 heteroatoms. The Morgan fingerprint density at radius 2 is 2.00 bits per heavy atom. The van der Waals surface area contributed by atoms with Crippen molar-refractivity contribution in [3.8, 4) is 0 Å². The normalized spacial score (nSPS) is 16.1. The topological polar surface area (TPSA) is 82.6 Å². The summed E-state index contributed by atoms with van der Waals surface area (Å²) in [4.78, 5) is 17.8. The van der Waals surface area contributed by atoms with Crippen LogP contribution in [0.2, 0.25) is 0 Å². The second kappa shape index (κ2) is 8.98. The molecular formula is C16H26N4O3S. The van der Waals surface area contributed by atoms with Crippen LogP contribution in [0.15, 0.2) is 24.4 Å². The van der Waals surface area contributed by atoms with Crippen molar-refractivity contribution in [2.75, 3.05) is 43.4 Å². The van der Waals surface area contributed by atoms with E-state index in [-0.39, 0.29) is 11.7 Å². The highest BCUT2D eigenvalue weighted by Crippen LogP contribution is 2.15. The third-order valence-corrected chi connectivity index (χ3v) is 5.94. The molecule has 0 aliphatic carbocycles. The third-order valence-electron chi connectivity index (χ3n) is 3.98. The van der Waals surface area contributed by atoms with E-state index >= 15 is 0 Å². The summed E-state index contributed by atoms with van der Waals surface area (Å²) in [5.74, 6) is 0.940. The highest BCUT2D eigenvalue weighted by atomic mass is 32.2. The van der Waals surface area contributed by atoms with Crippen molar-refractivity contribution in [1.82, 2.24) is 14.6 Å². The number of anilines is 1. The van der Waals surface area contributed by atoms with Gasteiger partial charge in [-0.15, -0.1) is 0 Å². The van der Waals surface area contributed by atoms with E-state index in [1.165, 1.54) is 0 Å². The standard InChI is InChI=1S/C16H26N4O3S/c1-2-6-16(21)18-9-5-14-24(22,23)20-12-10-19(11-13-20)15-7-3-4-8-17-15/h3-4,7-8H,2,5-6,9-14H2,1H3,(H,18,21). The summed E-state index contributed by atoms with van der Waals surface area (Å²) < 4.78 is 26.3. The molecule has 1 N–H and O–H groups in total. The molecule has 1 aliphatic heterocycles. The van der Waals surface area contributed by atoms with Crippen LogP contribution in [0.3, 0.4) is 0 Å². The summed E-state index contributed by atoms with van der Waals surface area (Å²) in [6.45, 7) is 4.58. The first-order valence-electron chi connectivity index (χ1n) is 8.43. The van der Waals surface area contributed by atoms with E-state index < -0.39 is 10.0 Å². The van der Waals surface area contributed by atoms with Crippen molar-refractivity contribution in [2.45, 2.75) is 26.2 Å². The van der Waals surface area contributed by atoms with Gasteiger partial charge in [-0.1, -0.05) is 13.0 Å². The van der Waals surface area contributed by atoms with E-state index in [4.69, 9.17) is 0 Å². The molecule has 24 heavy (non-hydrogen) atoms. The SMILES string of the molecule is CCCC(=O)NCCCS(=O)(=O)N1CCN(c2ccccn2)CC1. The molecule has 0 radical (unpaired) electrons. The molecule has 0 aromatic carbocycles. The fourth-order valence-corrected chi connectivity index (χ4v) is 4.15. The van der Waals surface area contributed by atoms with Gasteiger partial charge in [0.1, 0.15) is 5.82 Å². The summed E-state index contributed by atoms with van der Waals surface area (Å²) >= 11 is 0. The number of hydrogen-bond acceptors (Lipinski definition) is 5. The summed E-state index contributed by atoms with van der Waals surface area (Å²) in [5, 5.41) is 2.75. The second-order valence-electron chi connectivity index (χ2n) is 5.84. The van der Waals surface area contributed by atoms with Gasteiger partial charge in [-0.3, -0.25) is 4.79 Å². The number of rotatable bonds is 8. The third kappa shape index (κ3) is 5.45. The number of carbonyl (C=O) groups is 1. The summed E-state index contributed by atoms with van der Waals surface area (Å²) in [6.07, 6.45) is 3.47. The number of sulfonamides is 1. The minimum atomic E-state index is -3.26. The van der Waals surface area contributed by atoms with Crippen molar-refractivity contribution in [3.63, 3.8) is 0 Å². The van der Waals surface area contributed by atoms with Gasteiger partial charge in [0.2, 0.25) is 15.9 Å². The van der Waals surface area contributed by atoms with Gasteiger partial charge in [0.15, 0.2) is 0 Å². The lowest BCUT2D eigenvalue weighted by molar-refractivity contribution is -0.121. The van der Waals surface area contributed by atoms with Crippen LogP contribution in [0.5, 0.6) is 0 Å². The van der Waals surface area contributed by atoms with Crippen LogP contribution in [0, 0.1) is 0 Å². The molecule has 1 aromatic rings. The molecule has 0 spiro atoms. The average Bonchev–Trinajstić information content (AvgIpc) is 2.60. The maximum atomic E-state index is 12.4. The highest BCUT2D eigenvalue weighted by Gasteiger charge is 2.26. The Balaban J connectivity index is 1.75. The van der Waals surface area contributed by atoms with Gasteiger partial charge < -0.3 is 10.2 Å². The molecule has 0 atom stereocenters. The Bertz CT molecular complexity index is 613. The van der Waals surface area contributed by atoms with E-state index in [1.54, 1.807) is 10.5 Å². The Kier molecular flexibility index (Phi) is 6.99. The monoisotopic (exact) mass is 354 g/mol. The number of aromatic nitrogens is 1. The lowest BCUT2D eigenvalue weighted by atomic mass is 10.3. The van der Waals surface area contributed by atoms with Crippen LogP contribution in [0.4, 0.5) is 5.82 Å². The first-order valence-corrected chi connectivity index (χ1v) is 10.0. The van der Waals surface area contributed by atoms with Crippen molar-refractivity contribution in [3.05, 3.63) is 24.4 Å². The first-order chi connectivity index (χ1) is 11.5. The zero-order chi connectivity index (χ0) is 17.4. The van der Waals surface area contributed by atoms with E-state index in [2.05, 4.69) is 15.2 Å². The number of nitrogens with one attached hydrogen (secondary N) is 1. The minimum absolute atomic E-state index is 0.0149. The Hall–Kier alpha value is -1.67. The van der Waals surface area contributed by atoms with Crippen LogP contribution in [-0.4, -0.2) is 62.1 Å². The number of piperazine rings is 1. The highest BCUT2D eigenvalue weighted by molar-refractivity contribution is 7.89. The fourth-order valence-electron chi connectivity index (χ4n) is 2.66. The number of hydrogen-bond donors (Lipinski definition) is 1. The molecule has 0 unspecified atom stereocenters. The molecule has 1 aliphatic rings. The predicted octanol–water partition coefficient (Wildman–Crippen LogP) is 0.840. The van der Waals surface area contributed by atoms with Gasteiger partial charge in [0.25, 0.3) is 0 Å². The van der Waals surface area contributed by atoms with Crippen molar-refractivity contribution >= 4 is 21.7 Å². The van der Waals surface area contributed by atoms with Crippen LogP contribution in [-0.2, 0) is 14.8 Å². The Labute approximate surface area is 144 Å². The van der Waals surface area contributed by atoms with Gasteiger partial charge in [0.05, 0.1) is 5.75 Å². The first kappa shape index (κ1) is 18.7. The smallest absolute Gasteiger partial charge is 0.219 e. The lowest BCUT2D eigenvalue weighted by Gasteiger charge is -2.34. The molecular weight excluding hydrogens is 328 g/mol. The summed E-state index contributed by atoms with van der Waals surface area (Å²) in [6, 6.07) is 5.73. The Morgan fingerprint density at radius 1 is 1.25 bits per heavy atom. The number of carbonyl (C=O) groups excluding carboxylic acids is 1. The van der Waals surface area contributed by atoms with E-state index in [0.717, 1.165) is 12.2 Å². The lowest BCUT2D eigenvalue weighted by Crippen LogP contribution is -2.49. The zero-order valence-electron chi connectivity index (χ0n) is 14.1. The van der Waals surface area contributed by atoms with E-state index in [0.29, 0.717) is 45.6 Å². The Morgan fingerprint density at radius 3 is 2.62 bits per heavy atom. The van der Waals surface area contributed by atoms with Gasteiger partial charge in [-0.2, -0.15) is 4.31 Å². The summed E-state index contributed by atoms with van der Waals surface area (Å²) in [5.41, 5.74) is 0. The van der Waals surface area contributed by atoms with Gasteiger partial charge in [0, 0.05) is 45.3 Å². The maximum absolute atomic E-state index is 12.4. The summed E-state index contributed by atoms with van der Waals surface area (Å²) in [7, 11) is -3.26. The molecule has 1 fully saturated rings. The molecule has 1 aromatic heterocycles. The minimum Gasteiger partial charge on any atom is -0.356 e. The van der Waals surface area contributed by atoms with Gasteiger partial charge >= 0.3 is 0 Å². The number of nitrogens with zero attached hydrogens (tertiary/aromatic N) is 3. The molecule has 1 amide bonds. The van der Waals surface area contributed by atoms with Crippen molar-refractivity contribution in [1.29, 1.82) is 0 Å². The number of pyridine rings is 1. The van der Waals surface area contributed by atoms with Crippen LogP contribution in [0.1, 0.15) is 26.2 Å². The van der Waals surface area contributed by atoms with Gasteiger partial charge in [-0.05, 0) is 25.0 Å². The predicted molar refractivity (Wildman–Crippen MR) is 94.3 cm³/mol. The maximum Gasteiger partial charge on any atom is 0.219 e. The number of amides is 1. The fraction of sp³-hybridized carbons (Fsp3) is 0.625.